The van der Waals surface area contributed by atoms with Crippen molar-refractivity contribution < 1.29 is 14.1 Å². The minimum absolute atomic E-state index is 0.115. The Balaban J connectivity index is 2.38. The number of carbonyl (C=O) groups is 1. The first-order valence-electron chi connectivity index (χ1n) is 5.45. The Labute approximate surface area is 111 Å². The highest BCUT2D eigenvalue weighted by Crippen LogP contribution is 2.13. The van der Waals surface area contributed by atoms with Gasteiger partial charge in [0.1, 0.15) is 5.76 Å². The molecule has 9 nitrogen and oxygen atoms in total. The van der Waals surface area contributed by atoms with Crippen molar-refractivity contribution in [1.82, 2.24) is 9.99 Å². The molecular weight excluding hydrogens is 268 g/mol. The van der Waals surface area contributed by atoms with Crippen molar-refractivity contribution in [2.24, 2.45) is 5.84 Å². The average Bonchev–Trinajstić information content (AvgIpc) is 2.88. The number of nitrogens with two attached hydrogens (primary N) is 1. The Bertz CT molecular complexity index is 718. The number of furan rings is 1. The van der Waals surface area contributed by atoms with Gasteiger partial charge in [-0.15, -0.1) is 0 Å². The molecular formula is C11H10N4O5. The zero-order valence-electron chi connectivity index (χ0n) is 10.1. The lowest BCUT2D eigenvalue weighted by atomic mass is 10.2. The second kappa shape index (κ2) is 5.36. The lowest BCUT2D eigenvalue weighted by Gasteiger charge is -2.05. The summed E-state index contributed by atoms with van der Waals surface area (Å²) < 4.78 is 6.17. The molecule has 2 heterocycles. The van der Waals surface area contributed by atoms with E-state index in [9.17, 15) is 19.7 Å². The van der Waals surface area contributed by atoms with Crippen molar-refractivity contribution in [3.8, 4) is 0 Å². The average molecular weight is 278 g/mol. The molecule has 2 rings (SSSR count). The first kappa shape index (κ1) is 13.5. The predicted octanol–water partition coefficient (Wildman–Crippen LogP) is 0.00130. The molecule has 1 amide bonds. The number of hydrogen-bond donors (Lipinski definition) is 2. The third kappa shape index (κ3) is 2.57. The summed E-state index contributed by atoms with van der Waals surface area (Å²) in [5.41, 5.74) is 1.41. The molecule has 0 atom stereocenters. The minimum atomic E-state index is -0.619. The summed E-state index contributed by atoms with van der Waals surface area (Å²) in [7, 11) is 0. The summed E-state index contributed by atoms with van der Waals surface area (Å²) in [6.45, 7) is -0.115. The van der Waals surface area contributed by atoms with E-state index in [1.807, 2.05) is 5.43 Å². The second-order valence-corrected chi connectivity index (χ2v) is 3.84. The van der Waals surface area contributed by atoms with Gasteiger partial charge in [0, 0.05) is 12.1 Å². The van der Waals surface area contributed by atoms with E-state index >= 15 is 0 Å². The van der Waals surface area contributed by atoms with Crippen molar-refractivity contribution >= 4 is 11.6 Å². The molecule has 0 aromatic carbocycles. The van der Waals surface area contributed by atoms with Gasteiger partial charge in [-0.2, -0.15) is 0 Å². The van der Waals surface area contributed by atoms with E-state index in [1.54, 1.807) is 0 Å². The van der Waals surface area contributed by atoms with Crippen LogP contribution in [0.2, 0.25) is 0 Å². The fourth-order valence-corrected chi connectivity index (χ4v) is 1.65. The molecule has 0 bridgehead atoms. The number of nitro groups is 1. The molecule has 0 spiro atoms. The van der Waals surface area contributed by atoms with Gasteiger partial charge in [0.2, 0.25) is 0 Å². The molecule has 0 saturated carbocycles. The molecule has 20 heavy (non-hydrogen) atoms. The number of hydrazine groups is 1. The van der Waals surface area contributed by atoms with Crippen LogP contribution in [0.3, 0.4) is 0 Å². The van der Waals surface area contributed by atoms with Crippen LogP contribution in [0.15, 0.2) is 39.9 Å². The molecule has 0 saturated heterocycles. The fraction of sp³-hybridized carbons (Fsp3) is 0.0909. The maximum Gasteiger partial charge on any atom is 0.285 e. The van der Waals surface area contributed by atoms with Gasteiger partial charge in [0.25, 0.3) is 17.2 Å². The maximum absolute atomic E-state index is 11.6. The van der Waals surface area contributed by atoms with Gasteiger partial charge in [-0.25, -0.2) is 5.84 Å². The van der Waals surface area contributed by atoms with Crippen molar-refractivity contribution in [2.75, 3.05) is 0 Å². The van der Waals surface area contributed by atoms with E-state index in [2.05, 4.69) is 0 Å². The maximum atomic E-state index is 11.6. The van der Waals surface area contributed by atoms with Gasteiger partial charge >= 0.3 is 0 Å². The van der Waals surface area contributed by atoms with Gasteiger partial charge in [-0.3, -0.25) is 25.1 Å². The number of nitrogens with one attached hydrogen (secondary N) is 1. The number of hydrogen-bond acceptors (Lipinski definition) is 6. The van der Waals surface area contributed by atoms with E-state index < -0.39 is 16.4 Å². The van der Waals surface area contributed by atoms with Crippen LogP contribution in [0.5, 0.6) is 0 Å². The third-order valence-corrected chi connectivity index (χ3v) is 2.61. The molecule has 0 aliphatic heterocycles. The normalized spacial score (nSPS) is 10.2. The van der Waals surface area contributed by atoms with Crippen LogP contribution in [0.4, 0.5) is 5.69 Å². The lowest BCUT2D eigenvalue weighted by Crippen LogP contribution is -2.31. The quantitative estimate of drug-likeness (QED) is 0.350. The Kier molecular flexibility index (Phi) is 3.62. The molecule has 9 heteroatoms. The van der Waals surface area contributed by atoms with Crippen LogP contribution in [0.25, 0.3) is 0 Å². The smallest absolute Gasteiger partial charge is 0.285 e. The zero-order chi connectivity index (χ0) is 14.7. The molecule has 0 aliphatic carbocycles. The molecule has 0 radical (unpaired) electrons. The van der Waals surface area contributed by atoms with E-state index in [4.69, 9.17) is 10.3 Å². The van der Waals surface area contributed by atoms with Gasteiger partial charge in [0.15, 0.2) is 0 Å². The largest absolute Gasteiger partial charge is 0.467 e. The molecule has 0 unspecified atom stereocenters. The van der Waals surface area contributed by atoms with E-state index in [0.717, 1.165) is 22.9 Å². The number of carbonyl (C=O) groups excluding carboxylic acids is 1. The van der Waals surface area contributed by atoms with Crippen LogP contribution in [0, 0.1) is 10.1 Å². The Morgan fingerprint density at radius 1 is 1.45 bits per heavy atom. The number of amides is 1. The van der Waals surface area contributed by atoms with Crippen LogP contribution in [0.1, 0.15) is 16.1 Å². The van der Waals surface area contributed by atoms with Crippen LogP contribution >= 0.6 is 0 Å². The number of rotatable bonds is 4. The summed E-state index contributed by atoms with van der Waals surface area (Å²) in [5, 5.41) is 10.7. The number of nitrogen functional groups attached to an aromatic ring is 1. The van der Waals surface area contributed by atoms with Crippen molar-refractivity contribution in [3.63, 3.8) is 0 Å². The van der Waals surface area contributed by atoms with Crippen LogP contribution in [-0.4, -0.2) is 15.4 Å². The fourth-order valence-electron chi connectivity index (χ4n) is 1.65. The summed E-state index contributed by atoms with van der Waals surface area (Å²) >= 11 is 0. The van der Waals surface area contributed by atoms with Crippen molar-refractivity contribution in [1.29, 1.82) is 0 Å². The first-order chi connectivity index (χ1) is 9.52. The third-order valence-electron chi connectivity index (χ3n) is 2.61. The summed E-state index contributed by atoms with van der Waals surface area (Å²) in [6, 6.07) is 3.57. The molecule has 0 fully saturated rings. The Morgan fingerprint density at radius 2 is 2.20 bits per heavy atom. The SMILES string of the molecule is NNC(=O)c1ccoc1Cn1cc([N+](=O)[O-])ccc1=O. The van der Waals surface area contributed by atoms with Gasteiger partial charge in [0.05, 0.1) is 29.5 Å². The van der Waals surface area contributed by atoms with E-state index in [-0.39, 0.29) is 23.6 Å². The molecule has 2 aromatic rings. The highest BCUT2D eigenvalue weighted by Gasteiger charge is 2.15. The highest BCUT2D eigenvalue weighted by molar-refractivity contribution is 5.94. The van der Waals surface area contributed by atoms with Gasteiger partial charge in [-0.1, -0.05) is 0 Å². The monoisotopic (exact) mass is 278 g/mol. The standard InChI is InChI=1S/C11H10N4O5/c12-13-11(17)8-3-4-20-9(8)6-14-5-7(15(18)19)1-2-10(14)16/h1-5H,6,12H2,(H,13,17). The summed E-state index contributed by atoms with van der Waals surface area (Å²) in [5.74, 6) is 4.62. The minimum Gasteiger partial charge on any atom is -0.467 e. The predicted molar refractivity (Wildman–Crippen MR) is 66.8 cm³/mol. The zero-order valence-corrected chi connectivity index (χ0v) is 10.1. The molecule has 104 valence electrons. The molecule has 3 N–H and O–H groups in total. The second-order valence-electron chi connectivity index (χ2n) is 3.84. The van der Waals surface area contributed by atoms with E-state index in [1.165, 1.54) is 12.3 Å². The van der Waals surface area contributed by atoms with Crippen LogP contribution in [-0.2, 0) is 6.54 Å². The molecule has 2 aromatic heterocycles. The first-order valence-corrected chi connectivity index (χ1v) is 5.45. The Morgan fingerprint density at radius 3 is 2.85 bits per heavy atom. The van der Waals surface area contributed by atoms with E-state index in [0.29, 0.717) is 0 Å². The summed E-state index contributed by atoms with van der Waals surface area (Å²) in [4.78, 5) is 33.2. The number of pyridine rings is 1. The Hall–Kier alpha value is -2.94. The van der Waals surface area contributed by atoms with Gasteiger partial charge in [-0.05, 0) is 6.07 Å². The number of nitrogens with zero attached hydrogens (tertiary/aromatic N) is 2. The van der Waals surface area contributed by atoms with Crippen LogP contribution < -0.4 is 16.8 Å². The van der Waals surface area contributed by atoms with Crippen molar-refractivity contribution in [3.05, 3.63) is 62.5 Å². The van der Waals surface area contributed by atoms with Crippen molar-refractivity contribution in [2.45, 2.75) is 6.54 Å². The highest BCUT2D eigenvalue weighted by atomic mass is 16.6. The van der Waals surface area contributed by atoms with Gasteiger partial charge < -0.3 is 8.98 Å². The summed E-state index contributed by atoms with van der Waals surface area (Å²) in [6.07, 6.45) is 2.34. The topological polar surface area (TPSA) is 133 Å². The molecule has 0 aliphatic rings. The lowest BCUT2D eigenvalue weighted by molar-refractivity contribution is -0.385. The number of aromatic nitrogens is 1.